The zero-order valence-electron chi connectivity index (χ0n) is 33.0. The van der Waals surface area contributed by atoms with Gasteiger partial charge in [-0.1, -0.05) is 145 Å². The molecule has 0 radical (unpaired) electrons. The van der Waals surface area contributed by atoms with Gasteiger partial charge in [-0.05, 0) is 108 Å². The molecule has 4 nitrogen and oxygen atoms in total. The average Bonchev–Trinajstić information content (AvgIpc) is 3.10. The van der Waals surface area contributed by atoms with Gasteiger partial charge in [0.2, 0.25) is 0 Å². The monoisotopic (exact) mass is 691 g/mol. The number of carbonyl (C=O) groups excluding carboxylic acids is 2. The molecule has 0 N–H and O–H groups in total. The molecule has 1 atom stereocenters. The summed E-state index contributed by atoms with van der Waals surface area (Å²) in [6.07, 6.45) is 25.0. The van der Waals surface area contributed by atoms with Gasteiger partial charge < -0.3 is 9.47 Å². The number of benzene rings is 2. The molecule has 2 aromatic carbocycles. The van der Waals surface area contributed by atoms with E-state index in [0.29, 0.717) is 18.8 Å². The van der Waals surface area contributed by atoms with E-state index in [2.05, 4.69) is 83.1 Å². The maximum absolute atomic E-state index is 13.1. The van der Waals surface area contributed by atoms with Crippen molar-refractivity contribution in [2.75, 3.05) is 0 Å². The minimum absolute atomic E-state index is 0.0155. The molecule has 0 saturated heterocycles. The Morgan fingerprint density at radius 3 is 1.26 bits per heavy atom. The lowest BCUT2D eigenvalue weighted by atomic mass is 9.91. The Kier molecular flexibility index (Phi) is 24.4. The minimum atomic E-state index is -0.0842. The van der Waals surface area contributed by atoms with Crippen molar-refractivity contribution >= 4 is 11.9 Å². The van der Waals surface area contributed by atoms with Crippen molar-refractivity contribution in [1.82, 2.24) is 0 Å². The fourth-order valence-electron chi connectivity index (χ4n) is 7.04. The summed E-state index contributed by atoms with van der Waals surface area (Å²) in [7, 11) is 0. The molecule has 282 valence electrons. The predicted molar refractivity (Wildman–Crippen MR) is 212 cm³/mol. The first-order valence-electron chi connectivity index (χ1n) is 20.8. The van der Waals surface area contributed by atoms with Crippen molar-refractivity contribution in [3.63, 3.8) is 0 Å². The normalized spacial score (nSPS) is 12.1. The van der Waals surface area contributed by atoms with Gasteiger partial charge in [-0.3, -0.25) is 9.59 Å². The lowest BCUT2D eigenvalue weighted by Gasteiger charge is -2.20. The molecular weight excluding hydrogens is 617 g/mol. The van der Waals surface area contributed by atoms with Crippen molar-refractivity contribution in [1.29, 1.82) is 0 Å². The summed E-state index contributed by atoms with van der Waals surface area (Å²) < 4.78 is 12.2. The van der Waals surface area contributed by atoms with Gasteiger partial charge in [-0.2, -0.15) is 0 Å². The molecular formula is C46H74O4. The molecule has 0 heterocycles. The summed E-state index contributed by atoms with van der Waals surface area (Å²) in [6, 6.07) is 17.4. The van der Waals surface area contributed by atoms with E-state index in [4.69, 9.17) is 9.47 Å². The van der Waals surface area contributed by atoms with Crippen molar-refractivity contribution in [3.05, 3.63) is 70.8 Å². The molecule has 0 saturated carbocycles. The standard InChI is InChI=1S/C46H74O4/c1-6-9-11-13-15-22-43(23-16-14-12-10-7-2)49-45(47)24-17-20-40(19-8-3)21-18-25-46(48)50-44(36-34-41-30-26-38(4)27-31-41)37-35-42-32-28-39(5)29-33-42/h26-33,40,43-44H,6-25,34-37H2,1-5H3. The van der Waals surface area contributed by atoms with Crippen LogP contribution in [0.2, 0.25) is 0 Å². The molecule has 0 amide bonds. The van der Waals surface area contributed by atoms with Gasteiger partial charge in [0.15, 0.2) is 0 Å². The number of hydrogen-bond donors (Lipinski definition) is 0. The van der Waals surface area contributed by atoms with Gasteiger partial charge in [-0.15, -0.1) is 0 Å². The van der Waals surface area contributed by atoms with Gasteiger partial charge in [0.1, 0.15) is 12.2 Å². The highest BCUT2D eigenvalue weighted by molar-refractivity contribution is 5.69. The third kappa shape index (κ3) is 21.6. The number of carbonyl (C=O) groups is 2. The predicted octanol–water partition coefficient (Wildman–Crippen LogP) is 13.2. The molecule has 0 aliphatic heterocycles. The molecule has 2 rings (SSSR count). The van der Waals surface area contributed by atoms with Gasteiger partial charge in [0, 0.05) is 12.8 Å². The van der Waals surface area contributed by atoms with Crippen LogP contribution in [0, 0.1) is 19.8 Å². The second-order valence-electron chi connectivity index (χ2n) is 15.1. The Balaban J connectivity index is 1.78. The molecule has 0 aromatic heterocycles. The number of unbranched alkanes of at least 4 members (excludes halogenated alkanes) is 8. The van der Waals surface area contributed by atoms with Crippen LogP contribution in [0.3, 0.4) is 0 Å². The SMILES string of the molecule is CCCCCCCC(CCCCCCC)OC(=O)CCCC(CCC)CCCC(=O)OC(CCc1ccc(C)cc1)CCc1ccc(C)cc1. The van der Waals surface area contributed by atoms with Gasteiger partial charge in [0.05, 0.1) is 0 Å². The highest BCUT2D eigenvalue weighted by Gasteiger charge is 2.18. The van der Waals surface area contributed by atoms with Crippen molar-refractivity contribution < 1.29 is 19.1 Å². The van der Waals surface area contributed by atoms with Gasteiger partial charge in [0.25, 0.3) is 0 Å². The quantitative estimate of drug-likeness (QED) is 0.0605. The Hall–Kier alpha value is -2.62. The van der Waals surface area contributed by atoms with E-state index in [-0.39, 0.29) is 24.1 Å². The van der Waals surface area contributed by atoms with Crippen LogP contribution < -0.4 is 0 Å². The number of hydrogen-bond acceptors (Lipinski definition) is 4. The summed E-state index contributed by atoms with van der Waals surface area (Å²) >= 11 is 0. The summed E-state index contributed by atoms with van der Waals surface area (Å²) in [5.41, 5.74) is 5.10. The first-order valence-corrected chi connectivity index (χ1v) is 20.8. The summed E-state index contributed by atoms with van der Waals surface area (Å²) in [5.74, 6) is 0.447. The van der Waals surface area contributed by atoms with Crippen LogP contribution in [0.4, 0.5) is 0 Å². The van der Waals surface area contributed by atoms with Crippen LogP contribution in [0.25, 0.3) is 0 Å². The number of rotatable bonds is 30. The number of aryl methyl sites for hydroxylation is 4. The number of esters is 2. The summed E-state index contributed by atoms with van der Waals surface area (Å²) in [5, 5.41) is 0. The third-order valence-electron chi connectivity index (χ3n) is 10.3. The zero-order chi connectivity index (χ0) is 36.2. The molecule has 1 unspecified atom stereocenters. The lowest BCUT2D eigenvalue weighted by molar-refractivity contribution is -0.150. The van der Waals surface area contributed by atoms with Crippen LogP contribution in [-0.4, -0.2) is 24.1 Å². The Labute approximate surface area is 307 Å². The number of ether oxygens (including phenoxy) is 2. The maximum Gasteiger partial charge on any atom is 0.306 e. The van der Waals surface area contributed by atoms with Crippen molar-refractivity contribution in [2.24, 2.45) is 5.92 Å². The molecule has 0 spiro atoms. The molecule has 50 heavy (non-hydrogen) atoms. The topological polar surface area (TPSA) is 52.6 Å². The molecule has 0 aliphatic carbocycles. The molecule has 0 bridgehead atoms. The second kappa shape index (κ2) is 28.0. The van der Waals surface area contributed by atoms with Crippen LogP contribution in [-0.2, 0) is 31.9 Å². The van der Waals surface area contributed by atoms with Crippen LogP contribution >= 0.6 is 0 Å². The highest BCUT2D eigenvalue weighted by Crippen LogP contribution is 2.24. The van der Waals surface area contributed by atoms with Crippen LogP contribution in [0.1, 0.15) is 184 Å². The molecule has 4 heteroatoms. The van der Waals surface area contributed by atoms with E-state index in [1.54, 1.807) is 0 Å². The minimum Gasteiger partial charge on any atom is -0.462 e. The second-order valence-corrected chi connectivity index (χ2v) is 15.1. The highest BCUT2D eigenvalue weighted by atomic mass is 16.5. The fraction of sp³-hybridized carbons (Fsp3) is 0.696. The smallest absolute Gasteiger partial charge is 0.306 e. The first kappa shape index (κ1) is 43.5. The van der Waals surface area contributed by atoms with Crippen LogP contribution in [0.5, 0.6) is 0 Å². The Morgan fingerprint density at radius 1 is 0.460 bits per heavy atom. The van der Waals surface area contributed by atoms with Crippen molar-refractivity contribution in [2.45, 2.75) is 201 Å². The fourth-order valence-corrected chi connectivity index (χ4v) is 7.04. The average molecular weight is 691 g/mol. The van der Waals surface area contributed by atoms with Gasteiger partial charge >= 0.3 is 11.9 Å². The Morgan fingerprint density at radius 2 is 0.860 bits per heavy atom. The molecule has 2 aromatic rings. The molecule has 0 aliphatic rings. The third-order valence-corrected chi connectivity index (χ3v) is 10.3. The largest absolute Gasteiger partial charge is 0.462 e. The van der Waals surface area contributed by atoms with E-state index >= 15 is 0 Å². The van der Waals surface area contributed by atoms with E-state index in [9.17, 15) is 9.59 Å². The van der Waals surface area contributed by atoms with Gasteiger partial charge in [-0.25, -0.2) is 0 Å². The van der Waals surface area contributed by atoms with E-state index in [1.807, 2.05) is 0 Å². The molecule has 0 fully saturated rings. The summed E-state index contributed by atoms with van der Waals surface area (Å²) in [4.78, 5) is 26.0. The van der Waals surface area contributed by atoms with E-state index < -0.39 is 0 Å². The van der Waals surface area contributed by atoms with E-state index in [0.717, 1.165) is 89.9 Å². The summed E-state index contributed by atoms with van der Waals surface area (Å²) in [6.45, 7) is 10.9. The van der Waals surface area contributed by atoms with E-state index in [1.165, 1.54) is 73.6 Å². The Bertz CT molecular complexity index is 1060. The first-order chi connectivity index (χ1) is 24.3. The van der Waals surface area contributed by atoms with Crippen molar-refractivity contribution in [3.8, 4) is 0 Å². The lowest BCUT2D eigenvalue weighted by Crippen LogP contribution is -2.20. The maximum atomic E-state index is 13.1. The zero-order valence-corrected chi connectivity index (χ0v) is 33.0. The van der Waals surface area contributed by atoms with Crippen LogP contribution in [0.15, 0.2) is 48.5 Å².